The molecule has 4 amide bonds. The molecule has 39 heteroatoms. The highest BCUT2D eigenvalue weighted by Gasteiger charge is 2.42. The van der Waals surface area contributed by atoms with Crippen LogP contribution < -0.4 is 68.5 Å². The van der Waals surface area contributed by atoms with E-state index in [2.05, 4.69) is 116 Å². The molecule has 0 spiro atoms. The highest BCUT2D eigenvalue weighted by Crippen LogP contribution is 2.42. The van der Waals surface area contributed by atoms with Gasteiger partial charge in [-0.2, -0.15) is 22.8 Å². The third-order valence-corrected chi connectivity index (χ3v) is 26.4. The highest BCUT2D eigenvalue weighted by atomic mass is 19.2. The Morgan fingerprint density at radius 2 is 0.779 bits per heavy atom. The predicted molar refractivity (Wildman–Crippen MR) is 506 cm³/mol. The number of carbonyl (C=O) groups is 4. The van der Waals surface area contributed by atoms with Crippen molar-refractivity contribution in [3.8, 4) is 11.8 Å². The fourth-order valence-electron chi connectivity index (χ4n) is 17.6. The van der Waals surface area contributed by atoms with Crippen molar-refractivity contribution in [1.29, 1.82) is 5.26 Å². The molecule has 16 rings (SSSR count). The van der Waals surface area contributed by atoms with Crippen LogP contribution in [0.4, 0.5) is 72.9 Å². The molecule has 8 fully saturated rings. The predicted octanol–water partition coefficient (Wildman–Crippen LogP) is 9.29. The molecule has 136 heavy (non-hydrogen) atoms. The number of alkyl halides is 2. The largest absolute Gasteiger partial charge is 0.461 e. The van der Waals surface area contributed by atoms with Crippen molar-refractivity contribution in [2.75, 3.05) is 152 Å². The molecule has 4 aliphatic heterocycles. The smallest absolute Gasteiger partial charge is 0.235 e. The standard InChI is InChI=1S/C25H34F2N6O2.C24H32F2N6O3.C24H30FN7O.C24H33FN6O2/c1-25(2,27)18-5-3-16(4-6-18)12-33(19-7-8-19)24-22(26)23(30-15-31-24)29-11-17-9-10-32(13-20(17)34)14-21(28)35;1-15(25)35-19-6-2-16(3-7-19)11-32(18-4-5-18)24-22(26)23(29-14-30-24)28-10-17-8-9-31(12-20(17)33)13-21(27)34;1-17-2-4-18(5-3-17)12-32(19-6-7-19)23-21(25)22(29-16-30-23)28-15-24(14-26)8-10-31(11-9-24)13-20(27)33;1-17-2-4-18(5-3-17)12-31(19-6-7-19)23-21(25)22(28-16-29-23)27-14-24(15-32)8-10-30(11-9-24)13-20(26)33/h3-6,15,17,19-20,34H,7-14H2,1-2H3,(H2,28,35)(H,29,30,31);2-3,6-7,14-15,17-18,20,33H,4-5,8-13H2,1H3,(H2,27,34)(H,28,29,30);2-5,16,19H,6-13,15H2,1H3,(H2,27,33)(H,28,29,30);2-5,16,19,32H,6-15H2,1H3,(H2,26,33)(H,27,28,29). The number of hydrogen-bond acceptors (Lipinski definition) is 29. The number of nitrogens with two attached hydrogens (primary N) is 4. The number of likely N-dealkylation sites (tertiary alicyclic amines) is 4. The lowest BCUT2D eigenvalue weighted by atomic mass is 9.79. The summed E-state index contributed by atoms with van der Waals surface area (Å²) in [6, 6.07) is 34.1. The maximum atomic E-state index is 15.5. The summed E-state index contributed by atoms with van der Waals surface area (Å²) < 4.78 is 94.3. The SMILES string of the molecule is CC(C)(F)c1ccc(CN(c2ncnc(NCC3CCN(CC(N)=O)CC3O)c2F)C2CC2)cc1.CC(F)Oc1ccc(CN(c2ncnc(NCC3CCN(CC(N)=O)CC3O)c2F)C2CC2)cc1.Cc1ccc(CN(c2ncnc(NCC3(C#N)CCN(CC(N)=O)CC3)c2F)C2CC2)cc1.Cc1ccc(CN(c2ncnc(NCC3(CO)CCN(CC(N)=O)CC3)c2F)C2CC2)cc1. The molecule has 8 heterocycles. The highest BCUT2D eigenvalue weighted by molar-refractivity contribution is 5.77. The molecule has 33 nitrogen and oxygen atoms in total. The van der Waals surface area contributed by atoms with Gasteiger partial charge in [0.05, 0.1) is 56.5 Å². The summed E-state index contributed by atoms with van der Waals surface area (Å²) in [4.78, 5) is 93.5. The molecule has 8 aliphatic rings. The lowest BCUT2D eigenvalue weighted by Crippen LogP contribution is -2.48. The first kappa shape index (κ1) is 101. The van der Waals surface area contributed by atoms with Crippen LogP contribution in [0.1, 0.15) is 150 Å². The number of aliphatic hydroxyl groups excluding tert-OH is 3. The molecule has 8 aromatic rings. The van der Waals surface area contributed by atoms with E-state index in [0.717, 1.165) is 73.6 Å². The third-order valence-electron chi connectivity index (χ3n) is 26.4. The van der Waals surface area contributed by atoms with E-state index in [1.54, 1.807) is 24.3 Å². The number of benzene rings is 4. The molecular weight excluding hydrogens is 1760 g/mol. The van der Waals surface area contributed by atoms with E-state index < -0.39 is 70.1 Å². The van der Waals surface area contributed by atoms with Gasteiger partial charge in [-0.3, -0.25) is 38.8 Å². The number of β-amino-alcohol motifs (C(OH)–C–C–N with tert-alkyl or cyclic N) is 2. The number of aliphatic hydroxyl groups is 3. The maximum Gasteiger partial charge on any atom is 0.235 e. The molecular formula is C97H129F6N25O8. The van der Waals surface area contributed by atoms with Gasteiger partial charge in [-0.25, -0.2) is 48.7 Å². The minimum absolute atomic E-state index is 0.0222. The number of ether oxygens (including phenoxy) is 1. The minimum atomic E-state index is -1.42. The topological polar surface area (TPSA) is 443 Å². The zero-order valence-corrected chi connectivity index (χ0v) is 78.1. The van der Waals surface area contributed by atoms with Crippen molar-refractivity contribution in [1.82, 2.24) is 59.5 Å². The number of rotatable bonds is 40. The lowest BCUT2D eigenvalue weighted by molar-refractivity contribution is -0.121. The molecule has 5 atom stereocenters. The van der Waals surface area contributed by atoms with E-state index in [9.17, 15) is 48.5 Å². The monoisotopic (exact) mass is 1890 g/mol. The number of aromatic nitrogens is 8. The molecule has 4 saturated carbocycles. The zero-order chi connectivity index (χ0) is 97.0. The van der Waals surface area contributed by atoms with Gasteiger partial charge in [0.25, 0.3) is 0 Å². The summed E-state index contributed by atoms with van der Waals surface area (Å²) >= 11 is 0. The quantitative estimate of drug-likeness (QED) is 0.0159. The van der Waals surface area contributed by atoms with Gasteiger partial charge in [0.1, 0.15) is 36.7 Å². The molecule has 15 N–H and O–H groups in total. The average Bonchev–Trinajstić information content (AvgIpc) is 1.68. The normalized spacial score (nSPS) is 19.7. The van der Waals surface area contributed by atoms with Gasteiger partial charge < -0.3 is 83.9 Å². The van der Waals surface area contributed by atoms with Crippen molar-refractivity contribution >= 4 is 70.2 Å². The van der Waals surface area contributed by atoms with Crippen LogP contribution in [0.5, 0.6) is 5.75 Å². The summed E-state index contributed by atoms with van der Waals surface area (Å²) in [6.45, 7) is 17.0. The summed E-state index contributed by atoms with van der Waals surface area (Å²) in [7, 11) is 0. The van der Waals surface area contributed by atoms with Gasteiger partial charge in [0.15, 0.2) is 46.5 Å². The van der Waals surface area contributed by atoms with Crippen LogP contribution in [0.2, 0.25) is 0 Å². The van der Waals surface area contributed by atoms with Crippen molar-refractivity contribution < 1.29 is 65.6 Å². The van der Waals surface area contributed by atoms with Crippen LogP contribution in [0, 0.1) is 71.1 Å². The second-order valence-corrected chi connectivity index (χ2v) is 38.0. The molecule has 4 aromatic carbocycles. The number of halogens is 6. The number of nitriles is 1. The summed E-state index contributed by atoms with van der Waals surface area (Å²) in [5, 5.41) is 53.1. The molecule has 4 aliphatic carbocycles. The van der Waals surface area contributed by atoms with Crippen molar-refractivity contribution in [2.24, 2.45) is 45.6 Å². The fourth-order valence-corrected chi connectivity index (χ4v) is 17.6. The first-order valence-electron chi connectivity index (χ1n) is 46.9. The van der Waals surface area contributed by atoms with Crippen molar-refractivity contribution in [3.63, 3.8) is 0 Å². The summed E-state index contributed by atoms with van der Waals surface area (Å²) in [5.41, 5.74) is 25.6. The fraction of sp³-hybridized carbons (Fsp3) is 0.536. The van der Waals surface area contributed by atoms with Gasteiger partial charge >= 0.3 is 0 Å². The van der Waals surface area contributed by atoms with Gasteiger partial charge in [-0.15, -0.1) is 0 Å². The molecule has 0 radical (unpaired) electrons. The Bertz CT molecular complexity index is 5310. The van der Waals surface area contributed by atoms with Crippen molar-refractivity contribution in [2.45, 2.75) is 199 Å². The second kappa shape index (κ2) is 46.7. The van der Waals surface area contributed by atoms with Crippen LogP contribution in [-0.2, 0) is 51.0 Å². The molecule has 0 bridgehead atoms. The number of piperidine rings is 4. The zero-order valence-electron chi connectivity index (χ0n) is 78.1. The first-order chi connectivity index (χ1) is 65.2. The number of amides is 4. The molecule has 4 aromatic heterocycles. The van der Waals surface area contributed by atoms with E-state index in [-0.39, 0.29) is 128 Å². The van der Waals surface area contributed by atoms with Crippen LogP contribution in [0.3, 0.4) is 0 Å². The second-order valence-electron chi connectivity index (χ2n) is 38.0. The molecule has 4 saturated heterocycles. The number of anilines is 8. The Hall–Kier alpha value is -11.9. The van der Waals surface area contributed by atoms with E-state index in [1.807, 2.05) is 77.3 Å². The Morgan fingerprint density at radius 3 is 1.08 bits per heavy atom. The number of aryl methyl sites for hydroxylation is 2. The lowest BCUT2D eigenvalue weighted by Gasteiger charge is -2.40. The number of carbonyl (C=O) groups excluding carboxylic acids is 4. The molecule has 732 valence electrons. The van der Waals surface area contributed by atoms with Crippen LogP contribution in [-0.4, -0.2) is 252 Å². The summed E-state index contributed by atoms with van der Waals surface area (Å²) in [6.07, 6.45) is 14.4. The number of primary amides is 4. The number of nitrogens with zero attached hydrogens (tertiary/aromatic N) is 17. The van der Waals surface area contributed by atoms with E-state index in [0.29, 0.717) is 154 Å². The Balaban J connectivity index is 0.000000153. The van der Waals surface area contributed by atoms with Crippen molar-refractivity contribution in [3.05, 3.63) is 185 Å². The van der Waals surface area contributed by atoms with Crippen LogP contribution in [0.15, 0.2) is 122 Å². The van der Waals surface area contributed by atoms with E-state index >= 15 is 17.6 Å². The Labute approximate surface area is 790 Å². The molecule has 5 unspecified atom stereocenters. The summed E-state index contributed by atoms with van der Waals surface area (Å²) in [5.74, 6) is -1.86. The first-order valence-corrected chi connectivity index (χ1v) is 46.9. The minimum Gasteiger partial charge on any atom is -0.461 e. The van der Waals surface area contributed by atoms with Gasteiger partial charge in [0, 0.05) is 127 Å². The Morgan fingerprint density at radius 1 is 0.471 bits per heavy atom. The van der Waals surface area contributed by atoms with Gasteiger partial charge in [0.2, 0.25) is 53.3 Å². The van der Waals surface area contributed by atoms with Gasteiger partial charge in [-0.05, 0) is 184 Å². The number of hydrogen-bond donors (Lipinski definition) is 11. The van der Waals surface area contributed by atoms with E-state index in [4.69, 9.17) is 27.7 Å². The van der Waals surface area contributed by atoms with Gasteiger partial charge in [-0.1, -0.05) is 96.1 Å². The third kappa shape index (κ3) is 29.1. The van der Waals surface area contributed by atoms with Crippen LogP contribution >= 0.6 is 0 Å². The maximum absolute atomic E-state index is 15.5. The average molecular weight is 1890 g/mol. The van der Waals surface area contributed by atoms with Crippen LogP contribution in [0.25, 0.3) is 0 Å². The van der Waals surface area contributed by atoms with E-state index in [1.165, 1.54) is 57.2 Å². The number of nitrogens with one attached hydrogen (secondary N) is 4. The Kier molecular flexibility index (Phi) is 34.9.